The van der Waals surface area contributed by atoms with Crippen molar-refractivity contribution < 1.29 is 19.3 Å². The summed E-state index contributed by atoms with van der Waals surface area (Å²) < 4.78 is 1.63. The molecule has 1 fully saturated rings. The molecule has 2 aromatic rings. The second-order valence-electron chi connectivity index (χ2n) is 6.04. The van der Waals surface area contributed by atoms with E-state index < -0.39 is 28.8 Å². The molecule has 2 atom stereocenters. The fourth-order valence-corrected chi connectivity index (χ4v) is 3.15. The summed E-state index contributed by atoms with van der Waals surface area (Å²) >= 11 is 0. The van der Waals surface area contributed by atoms with Gasteiger partial charge in [0.1, 0.15) is 11.6 Å². The third kappa shape index (κ3) is 2.11. The minimum absolute atomic E-state index is 0.134. The Hall–Kier alpha value is -3.56. The lowest BCUT2D eigenvalue weighted by molar-refractivity contribution is -0.384. The van der Waals surface area contributed by atoms with E-state index in [-0.39, 0.29) is 11.4 Å². The third-order valence-corrected chi connectivity index (χ3v) is 4.62. The van der Waals surface area contributed by atoms with E-state index in [1.165, 1.54) is 24.3 Å². The Morgan fingerprint density at radius 2 is 2.04 bits per heavy atom. The van der Waals surface area contributed by atoms with Gasteiger partial charge in [0.25, 0.3) is 11.6 Å². The first-order chi connectivity index (χ1) is 12.4. The number of aryl methyl sites for hydroxylation is 1. The number of amides is 2. The van der Waals surface area contributed by atoms with Gasteiger partial charge in [0.2, 0.25) is 12.0 Å². The van der Waals surface area contributed by atoms with Gasteiger partial charge in [-0.2, -0.15) is 5.10 Å². The summed E-state index contributed by atoms with van der Waals surface area (Å²) in [6.45, 7) is 1.82. The van der Waals surface area contributed by atoms with Crippen LogP contribution in [0.15, 0.2) is 35.6 Å². The van der Waals surface area contributed by atoms with Crippen LogP contribution < -0.4 is 4.90 Å². The number of nitrogens with zero attached hydrogens (tertiary/aromatic N) is 5. The van der Waals surface area contributed by atoms with Crippen LogP contribution in [0.25, 0.3) is 0 Å². The number of rotatable bonds is 3. The Kier molecular flexibility index (Phi) is 3.36. The van der Waals surface area contributed by atoms with Crippen molar-refractivity contribution in [1.82, 2.24) is 9.78 Å². The van der Waals surface area contributed by atoms with Gasteiger partial charge in [-0.3, -0.25) is 24.4 Å². The molecule has 10 heteroatoms. The molecule has 3 heterocycles. The highest BCUT2D eigenvalue weighted by molar-refractivity contribution is 6.32. The van der Waals surface area contributed by atoms with Gasteiger partial charge in [-0.1, -0.05) is 11.2 Å². The van der Waals surface area contributed by atoms with Crippen molar-refractivity contribution in [3.63, 3.8) is 0 Å². The Morgan fingerprint density at radius 3 is 2.69 bits per heavy atom. The minimum atomic E-state index is -1.07. The molecule has 2 aliphatic rings. The number of non-ortho nitro benzene ring substituents is 1. The first-order valence-electron chi connectivity index (χ1n) is 7.75. The molecule has 0 unspecified atom stereocenters. The molecule has 1 aromatic heterocycles. The van der Waals surface area contributed by atoms with Crippen LogP contribution in [-0.4, -0.2) is 38.3 Å². The highest BCUT2D eigenvalue weighted by Gasteiger charge is 2.56. The van der Waals surface area contributed by atoms with Gasteiger partial charge in [0, 0.05) is 30.4 Å². The Morgan fingerprint density at radius 1 is 1.27 bits per heavy atom. The number of anilines is 1. The Bertz CT molecular complexity index is 995. The second kappa shape index (κ2) is 5.48. The molecule has 0 aliphatic carbocycles. The van der Waals surface area contributed by atoms with Gasteiger partial charge in [0.15, 0.2) is 0 Å². The molecule has 2 amide bonds. The molecule has 132 valence electrons. The van der Waals surface area contributed by atoms with Gasteiger partial charge in [-0.25, -0.2) is 4.90 Å². The molecule has 4 rings (SSSR count). The number of aromatic nitrogens is 2. The second-order valence-corrected chi connectivity index (χ2v) is 6.04. The SMILES string of the molecule is Cc1c(C2=NO[C@H]3C(=O)N(c4cccc([N+](=O)[O-])c4)C(=O)[C@@H]23)cnn1C. The van der Waals surface area contributed by atoms with Crippen molar-refractivity contribution in [1.29, 1.82) is 0 Å². The summed E-state index contributed by atoms with van der Waals surface area (Å²) in [6, 6.07) is 5.36. The van der Waals surface area contributed by atoms with Crippen molar-refractivity contribution in [2.75, 3.05) is 4.90 Å². The van der Waals surface area contributed by atoms with Crippen molar-refractivity contribution in [2.24, 2.45) is 18.1 Å². The number of fused-ring (bicyclic) bond motifs is 1. The predicted molar refractivity (Wildman–Crippen MR) is 88.4 cm³/mol. The van der Waals surface area contributed by atoms with Crippen LogP contribution in [-0.2, 0) is 21.5 Å². The largest absolute Gasteiger partial charge is 0.381 e. The van der Waals surface area contributed by atoms with Crippen molar-refractivity contribution in [3.05, 3.63) is 51.8 Å². The summed E-state index contributed by atoms with van der Waals surface area (Å²) in [6.07, 6.45) is 0.490. The molecule has 0 bridgehead atoms. The van der Waals surface area contributed by atoms with Gasteiger partial charge >= 0.3 is 0 Å². The molecule has 10 nitrogen and oxygen atoms in total. The predicted octanol–water partition coefficient (Wildman–Crippen LogP) is 0.929. The minimum Gasteiger partial charge on any atom is -0.381 e. The normalized spacial score (nSPS) is 21.6. The van der Waals surface area contributed by atoms with Crippen LogP contribution in [0.4, 0.5) is 11.4 Å². The number of imide groups is 1. The Labute approximate surface area is 146 Å². The van der Waals surface area contributed by atoms with E-state index in [0.717, 1.165) is 10.6 Å². The quantitative estimate of drug-likeness (QED) is 0.459. The smallest absolute Gasteiger partial charge is 0.278 e. The molecule has 2 aliphatic heterocycles. The summed E-state index contributed by atoms with van der Waals surface area (Å²) in [4.78, 5) is 42.1. The average molecular weight is 355 g/mol. The number of carbonyl (C=O) groups is 2. The van der Waals surface area contributed by atoms with E-state index in [2.05, 4.69) is 10.3 Å². The number of benzene rings is 1. The maximum Gasteiger partial charge on any atom is 0.278 e. The lowest BCUT2D eigenvalue weighted by Gasteiger charge is -2.15. The molecule has 1 saturated heterocycles. The fourth-order valence-electron chi connectivity index (χ4n) is 3.15. The molecular weight excluding hydrogens is 342 g/mol. The van der Waals surface area contributed by atoms with Crippen molar-refractivity contribution in [2.45, 2.75) is 13.0 Å². The van der Waals surface area contributed by atoms with Gasteiger partial charge in [-0.05, 0) is 13.0 Å². The number of hydrogen-bond acceptors (Lipinski definition) is 7. The van der Waals surface area contributed by atoms with E-state index >= 15 is 0 Å². The molecule has 0 spiro atoms. The highest BCUT2D eigenvalue weighted by atomic mass is 16.7. The van der Waals surface area contributed by atoms with Crippen LogP contribution in [0.5, 0.6) is 0 Å². The maximum atomic E-state index is 12.9. The third-order valence-electron chi connectivity index (χ3n) is 4.62. The number of hydrogen-bond donors (Lipinski definition) is 0. The fraction of sp³-hybridized carbons (Fsp3) is 0.250. The van der Waals surface area contributed by atoms with Crippen LogP contribution in [0.3, 0.4) is 0 Å². The van der Waals surface area contributed by atoms with Gasteiger partial charge < -0.3 is 4.84 Å². The summed E-state index contributed by atoms with van der Waals surface area (Å²) in [5.41, 5.74) is 1.67. The molecule has 0 saturated carbocycles. The van der Waals surface area contributed by atoms with E-state index in [9.17, 15) is 19.7 Å². The number of nitro benzene ring substituents is 1. The molecule has 0 N–H and O–H groups in total. The lowest BCUT2D eigenvalue weighted by atomic mass is 9.94. The number of carbonyl (C=O) groups excluding carboxylic acids is 2. The average Bonchev–Trinajstić information content (AvgIpc) is 3.25. The Balaban J connectivity index is 1.72. The lowest BCUT2D eigenvalue weighted by Crippen LogP contribution is -2.33. The summed E-state index contributed by atoms with van der Waals surface area (Å²) in [7, 11) is 1.75. The number of nitro groups is 1. The first-order valence-corrected chi connectivity index (χ1v) is 7.75. The molecule has 0 radical (unpaired) electrons. The van der Waals surface area contributed by atoms with E-state index in [1.807, 2.05) is 6.92 Å². The highest BCUT2D eigenvalue weighted by Crippen LogP contribution is 2.36. The molecular formula is C16H13N5O5. The first kappa shape index (κ1) is 15.9. The van der Waals surface area contributed by atoms with E-state index in [0.29, 0.717) is 11.3 Å². The van der Waals surface area contributed by atoms with Crippen LogP contribution in [0.2, 0.25) is 0 Å². The zero-order chi connectivity index (χ0) is 18.6. The standard InChI is InChI=1S/C16H13N5O5/c1-8-11(7-17-19(8)2)13-12-14(26-18-13)16(23)20(15(12)22)9-4-3-5-10(6-9)21(24)25/h3-7,12,14H,1-2H3/t12-,14+/m0/s1. The topological polar surface area (TPSA) is 120 Å². The summed E-state index contributed by atoms with van der Waals surface area (Å²) in [5, 5.41) is 19.0. The zero-order valence-corrected chi connectivity index (χ0v) is 13.8. The monoisotopic (exact) mass is 355 g/mol. The van der Waals surface area contributed by atoms with Gasteiger partial charge in [0.05, 0.1) is 16.8 Å². The molecule has 26 heavy (non-hydrogen) atoms. The van der Waals surface area contributed by atoms with Crippen LogP contribution in [0, 0.1) is 23.0 Å². The van der Waals surface area contributed by atoms with Crippen molar-refractivity contribution in [3.8, 4) is 0 Å². The van der Waals surface area contributed by atoms with Crippen molar-refractivity contribution >= 4 is 28.9 Å². The maximum absolute atomic E-state index is 12.9. The van der Waals surface area contributed by atoms with Crippen LogP contribution >= 0.6 is 0 Å². The van der Waals surface area contributed by atoms with Gasteiger partial charge in [-0.15, -0.1) is 0 Å². The summed E-state index contributed by atoms with van der Waals surface area (Å²) in [5.74, 6) is -2.02. The zero-order valence-electron chi connectivity index (χ0n) is 13.8. The van der Waals surface area contributed by atoms with Crippen LogP contribution in [0.1, 0.15) is 11.3 Å². The van der Waals surface area contributed by atoms with E-state index in [1.54, 1.807) is 17.9 Å². The van der Waals surface area contributed by atoms with E-state index in [4.69, 9.17) is 4.84 Å². The molecule has 1 aromatic carbocycles. The number of oxime groups is 1.